The number of non-ortho nitro benzene ring substituents is 1. The Morgan fingerprint density at radius 2 is 2.05 bits per heavy atom. The average molecular weight is 285 g/mol. The van der Waals surface area contributed by atoms with E-state index in [0.717, 1.165) is 6.07 Å². The maximum absolute atomic E-state index is 12.2. The van der Waals surface area contributed by atoms with E-state index in [9.17, 15) is 23.3 Å². The molecule has 0 saturated heterocycles. The van der Waals surface area contributed by atoms with E-state index in [2.05, 4.69) is 10.3 Å². The number of nitrogens with zero attached hydrogens (tertiary/aromatic N) is 2. The standard InChI is InChI=1S/C12H10F3N3O2/c1-7-4-8-9(5-16-7)11(18(19)20)3-2-10(8)17-6-12(13,14)15/h2-5,17H,6H2,1H3. The van der Waals surface area contributed by atoms with Crippen molar-refractivity contribution in [3.8, 4) is 0 Å². The quantitative estimate of drug-likeness (QED) is 0.693. The third-order valence-corrected chi connectivity index (χ3v) is 2.69. The summed E-state index contributed by atoms with van der Waals surface area (Å²) < 4.78 is 36.7. The molecule has 1 N–H and O–H groups in total. The normalized spacial score (nSPS) is 11.6. The zero-order chi connectivity index (χ0) is 14.9. The van der Waals surface area contributed by atoms with Gasteiger partial charge in [-0.2, -0.15) is 13.2 Å². The Kier molecular flexibility index (Phi) is 3.47. The lowest BCUT2D eigenvalue weighted by Crippen LogP contribution is -2.21. The summed E-state index contributed by atoms with van der Waals surface area (Å²) in [5.74, 6) is 0. The number of rotatable bonds is 3. The van der Waals surface area contributed by atoms with Crippen LogP contribution in [0.1, 0.15) is 5.69 Å². The summed E-state index contributed by atoms with van der Waals surface area (Å²) in [6.07, 6.45) is -3.07. The predicted molar refractivity (Wildman–Crippen MR) is 67.7 cm³/mol. The number of anilines is 1. The first-order valence-corrected chi connectivity index (χ1v) is 5.62. The van der Waals surface area contributed by atoms with E-state index in [1.54, 1.807) is 6.92 Å². The van der Waals surface area contributed by atoms with E-state index in [-0.39, 0.29) is 16.8 Å². The number of hydrogen-bond acceptors (Lipinski definition) is 4. The van der Waals surface area contributed by atoms with Crippen LogP contribution >= 0.6 is 0 Å². The molecule has 0 spiro atoms. The molecule has 106 valence electrons. The van der Waals surface area contributed by atoms with Gasteiger partial charge in [-0.05, 0) is 19.1 Å². The third-order valence-electron chi connectivity index (χ3n) is 2.69. The van der Waals surface area contributed by atoms with Gasteiger partial charge in [0.25, 0.3) is 5.69 Å². The second kappa shape index (κ2) is 4.95. The first-order valence-electron chi connectivity index (χ1n) is 5.62. The van der Waals surface area contributed by atoms with Gasteiger partial charge in [0.05, 0.1) is 10.3 Å². The molecule has 0 unspecified atom stereocenters. The number of hydrogen-bond donors (Lipinski definition) is 1. The molecule has 2 aromatic rings. The highest BCUT2D eigenvalue weighted by Crippen LogP contribution is 2.32. The van der Waals surface area contributed by atoms with Gasteiger partial charge in [-0.15, -0.1) is 0 Å². The number of aromatic nitrogens is 1. The Morgan fingerprint density at radius 1 is 1.35 bits per heavy atom. The Hall–Kier alpha value is -2.38. The highest BCUT2D eigenvalue weighted by Gasteiger charge is 2.27. The number of halogens is 3. The van der Waals surface area contributed by atoms with Gasteiger partial charge in [0.2, 0.25) is 0 Å². The molecule has 0 aliphatic rings. The fourth-order valence-electron chi connectivity index (χ4n) is 1.84. The monoisotopic (exact) mass is 285 g/mol. The molecule has 0 aliphatic heterocycles. The molecule has 0 saturated carbocycles. The van der Waals surface area contributed by atoms with Crippen LogP contribution in [-0.2, 0) is 0 Å². The number of aryl methyl sites for hydroxylation is 1. The molecule has 0 fully saturated rings. The van der Waals surface area contributed by atoms with Crippen molar-refractivity contribution < 1.29 is 18.1 Å². The fourth-order valence-corrected chi connectivity index (χ4v) is 1.84. The van der Waals surface area contributed by atoms with Crippen LogP contribution in [0.5, 0.6) is 0 Å². The summed E-state index contributed by atoms with van der Waals surface area (Å²) in [6.45, 7) is 0.451. The Bertz CT molecular complexity index is 671. The second-order valence-electron chi connectivity index (χ2n) is 4.23. The van der Waals surface area contributed by atoms with Crippen LogP contribution in [0.15, 0.2) is 24.4 Å². The molecule has 0 amide bonds. The molecule has 8 heteroatoms. The van der Waals surface area contributed by atoms with Gasteiger partial charge in [-0.25, -0.2) is 0 Å². The molecule has 0 radical (unpaired) electrons. The van der Waals surface area contributed by atoms with Crippen LogP contribution in [0, 0.1) is 17.0 Å². The smallest absolute Gasteiger partial charge is 0.376 e. The van der Waals surface area contributed by atoms with Crippen LogP contribution < -0.4 is 5.32 Å². The van der Waals surface area contributed by atoms with Crippen molar-refractivity contribution >= 4 is 22.1 Å². The minimum absolute atomic E-state index is 0.188. The summed E-state index contributed by atoms with van der Waals surface area (Å²) in [4.78, 5) is 14.3. The van der Waals surface area contributed by atoms with E-state index >= 15 is 0 Å². The molecule has 20 heavy (non-hydrogen) atoms. The maximum atomic E-state index is 12.2. The van der Waals surface area contributed by atoms with E-state index < -0.39 is 17.6 Å². The van der Waals surface area contributed by atoms with Gasteiger partial charge < -0.3 is 5.32 Å². The van der Waals surface area contributed by atoms with E-state index in [1.165, 1.54) is 18.3 Å². The Morgan fingerprint density at radius 3 is 2.65 bits per heavy atom. The van der Waals surface area contributed by atoms with Crippen LogP contribution in [-0.4, -0.2) is 22.6 Å². The molecule has 5 nitrogen and oxygen atoms in total. The fraction of sp³-hybridized carbons (Fsp3) is 0.250. The minimum atomic E-state index is -4.36. The zero-order valence-corrected chi connectivity index (χ0v) is 10.4. The Labute approximate surface area is 111 Å². The van der Waals surface area contributed by atoms with E-state index in [1.807, 2.05) is 0 Å². The van der Waals surface area contributed by atoms with Gasteiger partial charge >= 0.3 is 6.18 Å². The zero-order valence-electron chi connectivity index (χ0n) is 10.4. The lowest BCUT2D eigenvalue weighted by Gasteiger charge is -2.12. The first kappa shape index (κ1) is 14.0. The highest BCUT2D eigenvalue weighted by atomic mass is 19.4. The molecule has 2 rings (SSSR count). The minimum Gasteiger partial charge on any atom is -0.376 e. The average Bonchev–Trinajstić information content (AvgIpc) is 2.34. The van der Waals surface area contributed by atoms with Gasteiger partial charge in [0.1, 0.15) is 6.54 Å². The molecular weight excluding hydrogens is 275 g/mol. The molecule has 1 heterocycles. The topological polar surface area (TPSA) is 68.1 Å². The predicted octanol–water partition coefficient (Wildman–Crippen LogP) is 3.43. The van der Waals surface area contributed by atoms with Crippen molar-refractivity contribution in [1.82, 2.24) is 4.98 Å². The summed E-state index contributed by atoms with van der Waals surface area (Å²) in [7, 11) is 0. The lowest BCUT2D eigenvalue weighted by molar-refractivity contribution is -0.383. The SMILES string of the molecule is Cc1cc2c(NCC(F)(F)F)ccc([N+](=O)[O-])c2cn1. The van der Waals surface area contributed by atoms with Gasteiger partial charge in [0.15, 0.2) is 0 Å². The first-order chi connectivity index (χ1) is 9.28. The van der Waals surface area contributed by atoms with Crippen LogP contribution in [0.3, 0.4) is 0 Å². The molecule has 0 aliphatic carbocycles. The van der Waals surface area contributed by atoms with Gasteiger partial charge in [-0.3, -0.25) is 15.1 Å². The number of benzene rings is 1. The van der Waals surface area contributed by atoms with E-state index in [4.69, 9.17) is 0 Å². The maximum Gasteiger partial charge on any atom is 0.405 e. The number of pyridine rings is 1. The number of nitrogens with one attached hydrogen (secondary N) is 1. The third kappa shape index (κ3) is 2.95. The number of nitro benzene ring substituents is 1. The van der Waals surface area contributed by atoms with Gasteiger partial charge in [-0.1, -0.05) is 0 Å². The molecule has 1 aromatic heterocycles. The molecule has 1 aromatic carbocycles. The number of fused-ring (bicyclic) bond motifs is 1. The van der Waals surface area contributed by atoms with Crippen LogP contribution in [0.4, 0.5) is 24.5 Å². The van der Waals surface area contributed by atoms with Crippen molar-refractivity contribution in [2.24, 2.45) is 0 Å². The number of alkyl halides is 3. The van der Waals surface area contributed by atoms with Crippen LogP contribution in [0.2, 0.25) is 0 Å². The van der Waals surface area contributed by atoms with Crippen molar-refractivity contribution in [3.63, 3.8) is 0 Å². The summed E-state index contributed by atoms with van der Waals surface area (Å²) in [5, 5.41) is 13.7. The lowest BCUT2D eigenvalue weighted by atomic mass is 10.1. The summed E-state index contributed by atoms with van der Waals surface area (Å²) >= 11 is 0. The second-order valence-corrected chi connectivity index (χ2v) is 4.23. The van der Waals surface area contributed by atoms with Crippen molar-refractivity contribution in [3.05, 3.63) is 40.2 Å². The highest BCUT2D eigenvalue weighted by molar-refractivity contribution is 5.99. The summed E-state index contributed by atoms with van der Waals surface area (Å²) in [5.41, 5.74) is 0.562. The molecular formula is C12H10F3N3O2. The van der Waals surface area contributed by atoms with Crippen molar-refractivity contribution in [2.45, 2.75) is 13.1 Å². The van der Waals surface area contributed by atoms with Crippen LogP contribution in [0.25, 0.3) is 10.8 Å². The molecule has 0 atom stereocenters. The van der Waals surface area contributed by atoms with Crippen molar-refractivity contribution in [2.75, 3.05) is 11.9 Å². The molecule has 0 bridgehead atoms. The largest absolute Gasteiger partial charge is 0.405 e. The Balaban J connectivity index is 2.53. The number of nitro groups is 1. The van der Waals surface area contributed by atoms with Crippen molar-refractivity contribution in [1.29, 1.82) is 0 Å². The summed E-state index contributed by atoms with van der Waals surface area (Å²) in [6, 6.07) is 3.95. The van der Waals surface area contributed by atoms with Gasteiger partial charge in [0, 0.05) is 29.0 Å². The van der Waals surface area contributed by atoms with E-state index in [0.29, 0.717) is 11.1 Å².